The van der Waals surface area contributed by atoms with Gasteiger partial charge in [0.25, 0.3) is 0 Å². The first-order valence-electron chi connectivity index (χ1n) is 4.13. The van der Waals surface area contributed by atoms with E-state index in [-0.39, 0.29) is 0 Å². The number of hydrogen-bond acceptors (Lipinski definition) is 0. The maximum atomic E-state index is 3.68. The van der Waals surface area contributed by atoms with Gasteiger partial charge in [0, 0.05) is 6.42 Å². The van der Waals surface area contributed by atoms with Gasteiger partial charge in [-0.15, -0.1) is 6.58 Å². The number of allylic oxidation sites excluding steroid dienone is 2. The molecule has 0 saturated carbocycles. The summed E-state index contributed by atoms with van der Waals surface area (Å²) in [5, 5.41) is 0. The van der Waals surface area contributed by atoms with Gasteiger partial charge in [-0.25, -0.2) is 9.13 Å². The molecule has 0 bridgehead atoms. The lowest BCUT2D eigenvalue weighted by Gasteiger charge is -1.89. The summed E-state index contributed by atoms with van der Waals surface area (Å²) in [5.41, 5.74) is 0. The number of rotatable bonds is 5. The van der Waals surface area contributed by atoms with Crippen molar-refractivity contribution in [3.05, 3.63) is 44.0 Å². The Morgan fingerprint density at radius 1 is 1.33 bits per heavy atom. The minimum atomic E-state index is 0.876. The quantitative estimate of drug-likeness (QED) is 0.460. The zero-order chi connectivity index (χ0) is 8.81. The van der Waals surface area contributed by atoms with Crippen LogP contribution in [0, 0.1) is 0 Å². The highest BCUT2D eigenvalue weighted by atomic mass is 15.1. The molecule has 0 saturated heterocycles. The summed E-state index contributed by atoms with van der Waals surface area (Å²) in [4.78, 5) is 0. The first-order chi connectivity index (χ1) is 5.86. The third-order valence-corrected chi connectivity index (χ3v) is 1.68. The Kier molecular flexibility index (Phi) is 3.33. The minimum Gasteiger partial charge on any atom is -0.237 e. The summed E-state index contributed by atoms with van der Waals surface area (Å²) in [6, 6.07) is 0. The van der Waals surface area contributed by atoms with Gasteiger partial charge in [0.1, 0.15) is 18.9 Å². The molecule has 0 aliphatic heterocycles. The molecule has 0 amide bonds. The van der Waals surface area contributed by atoms with Crippen LogP contribution in [0.4, 0.5) is 0 Å². The van der Waals surface area contributed by atoms with Gasteiger partial charge in [0.2, 0.25) is 6.33 Å². The zero-order valence-corrected chi connectivity index (χ0v) is 7.32. The Labute approximate surface area is 73.5 Å². The molecule has 0 radical (unpaired) electrons. The number of aryl methyl sites for hydroxylation is 1. The Balaban J connectivity index is 2.51. The summed E-state index contributed by atoms with van der Waals surface area (Å²) in [5.74, 6) is 0. The molecule has 1 aromatic heterocycles. The van der Waals surface area contributed by atoms with Gasteiger partial charge in [0.15, 0.2) is 0 Å². The molecule has 0 unspecified atom stereocenters. The van der Waals surface area contributed by atoms with Gasteiger partial charge >= 0.3 is 0 Å². The van der Waals surface area contributed by atoms with Gasteiger partial charge in [-0.05, 0) is 0 Å². The van der Waals surface area contributed by atoms with Crippen LogP contribution in [0.25, 0.3) is 0 Å². The van der Waals surface area contributed by atoms with E-state index in [4.69, 9.17) is 0 Å². The maximum absolute atomic E-state index is 3.68. The molecular formula is C10H15N2+. The summed E-state index contributed by atoms with van der Waals surface area (Å²) in [6.07, 6.45) is 11.0. The SMILES string of the molecule is C=CCCn1cc[n+](CC=C)c1. The smallest absolute Gasteiger partial charge is 0.237 e. The third-order valence-electron chi connectivity index (χ3n) is 1.68. The third kappa shape index (κ3) is 2.38. The van der Waals surface area contributed by atoms with Crippen molar-refractivity contribution >= 4 is 0 Å². The molecule has 0 aliphatic rings. The van der Waals surface area contributed by atoms with E-state index in [0.29, 0.717) is 0 Å². The van der Waals surface area contributed by atoms with Crippen molar-refractivity contribution in [2.75, 3.05) is 0 Å². The van der Waals surface area contributed by atoms with Crippen molar-refractivity contribution in [1.82, 2.24) is 4.57 Å². The first kappa shape index (κ1) is 8.78. The molecule has 1 aromatic rings. The van der Waals surface area contributed by atoms with E-state index in [0.717, 1.165) is 19.5 Å². The van der Waals surface area contributed by atoms with Crippen LogP contribution in [0.5, 0.6) is 0 Å². The lowest BCUT2D eigenvalue weighted by atomic mass is 10.4. The maximum Gasteiger partial charge on any atom is 0.244 e. The average molecular weight is 163 g/mol. The summed E-state index contributed by atoms with van der Waals surface area (Å²) in [7, 11) is 0. The zero-order valence-electron chi connectivity index (χ0n) is 7.32. The van der Waals surface area contributed by atoms with E-state index in [2.05, 4.69) is 34.8 Å². The summed E-state index contributed by atoms with van der Waals surface area (Å²) >= 11 is 0. The molecular weight excluding hydrogens is 148 g/mol. The van der Waals surface area contributed by atoms with Crippen molar-refractivity contribution in [1.29, 1.82) is 0 Å². The second-order valence-electron chi connectivity index (χ2n) is 2.71. The molecule has 0 fully saturated rings. The van der Waals surface area contributed by atoms with E-state index in [1.54, 1.807) is 0 Å². The highest BCUT2D eigenvalue weighted by molar-refractivity contribution is 4.72. The standard InChI is InChI=1S/C10H15N2/c1-3-5-7-12-9-8-11(10-12)6-4-2/h3-4,8-10H,1-2,5-7H2/q+1. The normalized spacial score (nSPS) is 9.67. The molecule has 2 nitrogen and oxygen atoms in total. The van der Waals surface area contributed by atoms with E-state index in [1.807, 2.05) is 18.3 Å². The molecule has 1 rings (SSSR count). The van der Waals surface area contributed by atoms with Crippen molar-refractivity contribution in [3.8, 4) is 0 Å². The number of imidazole rings is 1. The van der Waals surface area contributed by atoms with Crippen LogP contribution in [0.2, 0.25) is 0 Å². The molecule has 12 heavy (non-hydrogen) atoms. The fraction of sp³-hybridized carbons (Fsp3) is 0.300. The van der Waals surface area contributed by atoms with Crippen LogP contribution in [-0.4, -0.2) is 4.57 Å². The van der Waals surface area contributed by atoms with Crippen molar-refractivity contribution in [3.63, 3.8) is 0 Å². The summed E-state index contributed by atoms with van der Waals surface area (Å²) in [6.45, 7) is 9.25. The fourth-order valence-electron chi connectivity index (χ4n) is 1.07. The summed E-state index contributed by atoms with van der Waals surface area (Å²) < 4.78 is 4.24. The van der Waals surface area contributed by atoms with E-state index >= 15 is 0 Å². The van der Waals surface area contributed by atoms with Crippen molar-refractivity contribution in [2.45, 2.75) is 19.5 Å². The molecule has 0 spiro atoms. The van der Waals surface area contributed by atoms with E-state index < -0.39 is 0 Å². The Hall–Kier alpha value is -1.31. The Bertz CT molecular complexity index is 261. The minimum absolute atomic E-state index is 0.876. The second-order valence-corrected chi connectivity index (χ2v) is 2.71. The van der Waals surface area contributed by atoms with E-state index in [1.165, 1.54) is 0 Å². The van der Waals surface area contributed by atoms with Gasteiger partial charge in [-0.1, -0.05) is 18.7 Å². The monoisotopic (exact) mass is 163 g/mol. The predicted octanol–water partition coefficient (Wildman–Crippen LogP) is 1.54. The van der Waals surface area contributed by atoms with Crippen LogP contribution >= 0.6 is 0 Å². The van der Waals surface area contributed by atoms with Crippen LogP contribution in [0.15, 0.2) is 44.0 Å². The van der Waals surface area contributed by atoms with Crippen LogP contribution in [-0.2, 0) is 13.1 Å². The highest BCUT2D eigenvalue weighted by Crippen LogP contribution is 1.89. The fourth-order valence-corrected chi connectivity index (χ4v) is 1.07. The van der Waals surface area contributed by atoms with Crippen molar-refractivity contribution < 1.29 is 4.57 Å². The first-order valence-corrected chi connectivity index (χ1v) is 4.13. The molecule has 2 heteroatoms. The number of nitrogens with zero attached hydrogens (tertiary/aromatic N) is 2. The van der Waals surface area contributed by atoms with Gasteiger partial charge in [-0.2, -0.15) is 0 Å². The molecule has 0 aromatic carbocycles. The van der Waals surface area contributed by atoms with Crippen LogP contribution < -0.4 is 4.57 Å². The lowest BCUT2D eigenvalue weighted by Crippen LogP contribution is -2.29. The van der Waals surface area contributed by atoms with E-state index in [9.17, 15) is 0 Å². The molecule has 0 aliphatic carbocycles. The number of aromatic nitrogens is 2. The largest absolute Gasteiger partial charge is 0.244 e. The molecule has 1 heterocycles. The average Bonchev–Trinajstić information content (AvgIpc) is 2.50. The second kappa shape index (κ2) is 4.54. The lowest BCUT2D eigenvalue weighted by molar-refractivity contribution is -0.686. The highest BCUT2D eigenvalue weighted by Gasteiger charge is 1.99. The van der Waals surface area contributed by atoms with Crippen LogP contribution in [0.3, 0.4) is 0 Å². The Morgan fingerprint density at radius 3 is 2.83 bits per heavy atom. The number of hydrogen-bond donors (Lipinski definition) is 0. The van der Waals surface area contributed by atoms with Crippen molar-refractivity contribution in [2.24, 2.45) is 0 Å². The van der Waals surface area contributed by atoms with Crippen LogP contribution in [0.1, 0.15) is 6.42 Å². The molecule has 64 valence electrons. The molecule has 0 atom stereocenters. The topological polar surface area (TPSA) is 8.81 Å². The predicted molar refractivity (Wildman–Crippen MR) is 49.6 cm³/mol. The van der Waals surface area contributed by atoms with Gasteiger partial charge in [-0.3, -0.25) is 0 Å². The molecule has 0 N–H and O–H groups in total. The Morgan fingerprint density at radius 2 is 2.17 bits per heavy atom. The van der Waals surface area contributed by atoms with Gasteiger partial charge < -0.3 is 0 Å². The van der Waals surface area contributed by atoms with Gasteiger partial charge in [0.05, 0.1) is 6.54 Å².